The second-order valence-electron chi connectivity index (χ2n) is 7.84. The lowest BCUT2D eigenvalue weighted by Gasteiger charge is -2.12. The number of carbonyl (C=O) groups is 2. The Hall–Kier alpha value is -3.95. The normalized spacial score (nSPS) is 11.1. The van der Waals surface area contributed by atoms with E-state index in [0.717, 1.165) is 5.56 Å². The quantitative estimate of drug-likeness (QED) is 0.551. The predicted molar refractivity (Wildman–Crippen MR) is 113 cm³/mol. The first-order valence-electron chi connectivity index (χ1n) is 9.47. The summed E-state index contributed by atoms with van der Waals surface area (Å²) in [6.07, 6.45) is 0.126. The topological polar surface area (TPSA) is 139 Å². The number of rotatable bonds is 6. The van der Waals surface area contributed by atoms with Crippen LogP contribution in [0.5, 0.6) is 5.88 Å². The van der Waals surface area contributed by atoms with Crippen LogP contribution in [0.4, 0.5) is 11.5 Å². The van der Waals surface area contributed by atoms with Crippen molar-refractivity contribution in [2.24, 2.45) is 0 Å². The Morgan fingerprint density at radius 3 is 2.45 bits per heavy atom. The molecule has 31 heavy (non-hydrogen) atoms. The van der Waals surface area contributed by atoms with E-state index in [9.17, 15) is 14.4 Å². The number of benzene rings is 1. The van der Waals surface area contributed by atoms with Crippen LogP contribution in [0, 0.1) is 0 Å². The summed E-state index contributed by atoms with van der Waals surface area (Å²) in [4.78, 5) is 42.0. The van der Waals surface area contributed by atoms with E-state index in [1.54, 1.807) is 30.3 Å². The van der Waals surface area contributed by atoms with Gasteiger partial charge in [-0.15, -0.1) is 0 Å². The van der Waals surface area contributed by atoms with Crippen LogP contribution in [0.25, 0.3) is 0 Å². The minimum atomic E-state index is -0.687. The van der Waals surface area contributed by atoms with Gasteiger partial charge in [0.15, 0.2) is 5.82 Å². The van der Waals surface area contributed by atoms with Gasteiger partial charge in [0, 0.05) is 23.2 Å². The zero-order valence-corrected chi connectivity index (χ0v) is 17.6. The largest absolute Gasteiger partial charge is 0.481 e. The molecule has 0 fully saturated rings. The highest BCUT2D eigenvalue weighted by Crippen LogP contribution is 2.24. The molecule has 0 unspecified atom stereocenters. The van der Waals surface area contributed by atoms with Crippen LogP contribution in [-0.4, -0.2) is 34.0 Å². The molecule has 0 aliphatic heterocycles. The average molecular weight is 425 g/mol. The molecule has 0 aliphatic carbocycles. The fourth-order valence-electron chi connectivity index (χ4n) is 2.63. The van der Waals surface area contributed by atoms with Crippen molar-refractivity contribution < 1.29 is 18.8 Å². The molecule has 0 radical (unpaired) electrons. The Morgan fingerprint density at radius 2 is 1.84 bits per heavy atom. The third-order valence-electron chi connectivity index (χ3n) is 4.27. The van der Waals surface area contributed by atoms with Crippen LogP contribution >= 0.6 is 0 Å². The molecule has 0 saturated heterocycles. The molecule has 2 heterocycles. The Morgan fingerprint density at radius 1 is 1.13 bits per heavy atom. The lowest BCUT2D eigenvalue weighted by atomic mass is 9.93. The Bertz CT molecular complexity index is 1140. The van der Waals surface area contributed by atoms with Gasteiger partial charge in [0.2, 0.25) is 11.8 Å². The van der Waals surface area contributed by atoms with E-state index in [4.69, 9.17) is 9.26 Å². The molecule has 0 spiro atoms. The van der Waals surface area contributed by atoms with Crippen molar-refractivity contribution in [1.29, 1.82) is 0 Å². The van der Waals surface area contributed by atoms with Crippen LogP contribution in [0.1, 0.15) is 42.6 Å². The molecule has 162 valence electrons. The van der Waals surface area contributed by atoms with Gasteiger partial charge in [0.1, 0.15) is 11.5 Å². The van der Waals surface area contributed by atoms with Gasteiger partial charge < -0.3 is 24.9 Å². The van der Waals surface area contributed by atoms with Gasteiger partial charge in [-0.3, -0.25) is 9.59 Å². The number of ether oxygens (including phenoxy) is 1. The number of aromatic amines is 1. The van der Waals surface area contributed by atoms with Gasteiger partial charge >= 0.3 is 5.69 Å². The molecule has 0 bridgehead atoms. The second-order valence-corrected chi connectivity index (χ2v) is 7.84. The molecule has 1 aromatic carbocycles. The van der Waals surface area contributed by atoms with Crippen molar-refractivity contribution in [2.75, 3.05) is 17.7 Å². The van der Waals surface area contributed by atoms with Crippen LogP contribution < -0.4 is 21.1 Å². The van der Waals surface area contributed by atoms with Crippen molar-refractivity contribution in [3.05, 3.63) is 63.9 Å². The Kier molecular flexibility index (Phi) is 6.19. The van der Waals surface area contributed by atoms with Crippen molar-refractivity contribution in [3.8, 4) is 5.88 Å². The van der Waals surface area contributed by atoms with Crippen molar-refractivity contribution in [1.82, 2.24) is 15.1 Å². The van der Waals surface area contributed by atoms with Gasteiger partial charge in [-0.2, -0.15) is 4.98 Å². The van der Waals surface area contributed by atoms with Crippen molar-refractivity contribution in [3.63, 3.8) is 0 Å². The molecule has 2 aromatic heterocycles. The fourth-order valence-corrected chi connectivity index (χ4v) is 2.63. The summed E-state index contributed by atoms with van der Waals surface area (Å²) in [5, 5.41) is 9.23. The number of methoxy groups -OCH3 is 1. The van der Waals surface area contributed by atoms with E-state index in [0.29, 0.717) is 17.3 Å². The smallest absolute Gasteiger partial charge is 0.348 e. The summed E-state index contributed by atoms with van der Waals surface area (Å²) in [7, 11) is 1.35. The first-order valence-corrected chi connectivity index (χ1v) is 9.47. The standard InChI is InChI=1S/C21H23N5O5/c1-21(2,3)15-11-16(26-31-15)24-17(27)9-12-5-7-13(8-6-12)22-19(28)14-10-18(30-4)25-20(29)23-14/h5-8,10-11H,9H2,1-4H3,(H,22,28)(H,23,25,29)(H,24,26,27). The number of hydrogen-bond donors (Lipinski definition) is 3. The fraction of sp³-hybridized carbons (Fsp3) is 0.286. The Balaban J connectivity index is 1.59. The van der Waals surface area contributed by atoms with E-state index < -0.39 is 11.6 Å². The second kappa shape index (κ2) is 8.82. The monoisotopic (exact) mass is 425 g/mol. The van der Waals surface area contributed by atoms with Crippen molar-refractivity contribution in [2.45, 2.75) is 32.6 Å². The number of carbonyl (C=O) groups excluding carboxylic acids is 2. The summed E-state index contributed by atoms with van der Waals surface area (Å²) in [5.74, 6) is 0.310. The maximum Gasteiger partial charge on any atom is 0.348 e. The van der Waals surface area contributed by atoms with E-state index in [-0.39, 0.29) is 29.3 Å². The third-order valence-corrected chi connectivity index (χ3v) is 4.27. The summed E-state index contributed by atoms with van der Waals surface area (Å²) < 4.78 is 10.1. The maximum atomic E-state index is 12.3. The SMILES string of the molecule is COc1cc(C(=O)Nc2ccc(CC(=O)Nc3cc(C(C)(C)C)on3)cc2)[nH]c(=O)n1. The van der Waals surface area contributed by atoms with Gasteiger partial charge in [0.25, 0.3) is 5.91 Å². The molecule has 0 atom stereocenters. The molecular weight excluding hydrogens is 402 g/mol. The van der Waals surface area contributed by atoms with E-state index in [1.807, 2.05) is 20.8 Å². The van der Waals surface area contributed by atoms with Gasteiger partial charge in [-0.05, 0) is 17.7 Å². The molecule has 10 heteroatoms. The molecule has 0 saturated carbocycles. The molecular formula is C21H23N5O5. The zero-order valence-electron chi connectivity index (χ0n) is 17.6. The highest BCUT2D eigenvalue weighted by atomic mass is 16.5. The summed E-state index contributed by atoms with van der Waals surface area (Å²) in [5.41, 5.74) is 0.367. The van der Waals surface area contributed by atoms with Crippen LogP contribution in [0.2, 0.25) is 0 Å². The molecule has 3 aromatic rings. The van der Waals surface area contributed by atoms with Gasteiger partial charge in [0.05, 0.1) is 13.5 Å². The summed E-state index contributed by atoms with van der Waals surface area (Å²) in [6, 6.07) is 9.78. The number of amides is 2. The van der Waals surface area contributed by atoms with E-state index in [2.05, 4.69) is 25.8 Å². The lowest BCUT2D eigenvalue weighted by molar-refractivity contribution is -0.115. The number of aromatic nitrogens is 3. The highest BCUT2D eigenvalue weighted by molar-refractivity contribution is 6.03. The highest BCUT2D eigenvalue weighted by Gasteiger charge is 2.20. The van der Waals surface area contributed by atoms with Crippen LogP contribution in [0.15, 0.2) is 45.7 Å². The minimum absolute atomic E-state index is 0.0162. The minimum Gasteiger partial charge on any atom is -0.481 e. The molecule has 3 N–H and O–H groups in total. The average Bonchev–Trinajstić information content (AvgIpc) is 3.17. The Labute approximate surface area is 178 Å². The summed E-state index contributed by atoms with van der Waals surface area (Å²) in [6.45, 7) is 5.97. The van der Waals surface area contributed by atoms with Crippen LogP contribution in [-0.2, 0) is 16.6 Å². The van der Waals surface area contributed by atoms with Gasteiger partial charge in [-0.25, -0.2) is 4.79 Å². The number of nitrogens with one attached hydrogen (secondary N) is 3. The summed E-state index contributed by atoms with van der Waals surface area (Å²) >= 11 is 0. The van der Waals surface area contributed by atoms with E-state index >= 15 is 0 Å². The molecule has 0 aliphatic rings. The molecule has 2 amide bonds. The maximum absolute atomic E-state index is 12.3. The van der Waals surface area contributed by atoms with Gasteiger partial charge in [-0.1, -0.05) is 38.1 Å². The van der Waals surface area contributed by atoms with Crippen LogP contribution in [0.3, 0.4) is 0 Å². The predicted octanol–water partition coefficient (Wildman–Crippen LogP) is 2.50. The molecule has 3 rings (SSSR count). The number of H-pyrrole nitrogens is 1. The first kappa shape index (κ1) is 21.8. The molecule has 10 nitrogen and oxygen atoms in total. The van der Waals surface area contributed by atoms with Crippen molar-refractivity contribution >= 4 is 23.3 Å². The lowest BCUT2D eigenvalue weighted by Crippen LogP contribution is -2.21. The van der Waals surface area contributed by atoms with E-state index in [1.165, 1.54) is 13.2 Å². The number of anilines is 2. The number of nitrogens with zero attached hydrogens (tertiary/aromatic N) is 2. The first-order chi connectivity index (χ1) is 14.6. The third kappa shape index (κ3) is 5.78. The number of hydrogen-bond acceptors (Lipinski definition) is 7. The zero-order chi connectivity index (χ0) is 22.6.